The molecule has 0 spiro atoms. The van der Waals surface area contributed by atoms with E-state index in [2.05, 4.69) is 10.1 Å². The number of nitrogens with zero attached hydrogens (tertiary/aromatic N) is 4. The molecule has 0 aliphatic heterocycles. The van der Waals surface area contributed by atoms with Crippen LogP contribution in [0.25, 0.3) is 11.4 Å². The molecule has 0 unspecified atom stereocenters. The van der Waals surface area contributed by atoms with Gasteiger partial charge in [0.1, 0.15) is 0 Å². The van der Waals surface area contributed by atoms with Crippen LogP contribution in [0.3, 0.4) is 0 Å². The lowest BCUT2D eigenvalue weighted by atomic mass is 10.1. The van der Waals surface area contributed by atoms with Crippen molar-refractivity contribution in [3.63, 3.8) is 0 Å². The zero-order valence-corrected chi connectivity index (χ0v) is 20.5. The average Bonchev–Trinajstić information content (AvgIpc) is 3.17. The first-order chi connectivity index (χ1) is 15.5. The number of hydrogen-bond donors (Lipinski definition) is 0. The van der Waals surface area contributed by atoms with Crippen LogP contribution in [0, 0.1) is 20.8 Å². The summed E-state index contributed by atoms with van der Waals surface area (Å²) in [6, 6.07) is 13.4. The Kier molecular flexibility index (Phi) is 7.53. The van der Waals surface area contributed by atoms with E-state index in [1.807, 2.05) is 63.2 Å². The van der Waals surface area contributed by atoms with Gasteiger partial charge in [0.15, 0.2) is 0 Å². The van der Waals surface area contributed by atoms with Crippen molar-refractivity contribution in [2.24, 2.45) is 0 Å². The number of hydrogen-bond acceptors (Lipinski definition) is 6. The summed E-state index contributed by atoms with van der Waals surface area (Å²) < 4.78 is 31.4. The van der Waals surface area contributed by atoms with Crippen LogP contribution >= 0.6 is 0 Å². The first-order valence-electron chi connectivity index (χ1n) is 10.7. The van der Waals surface area contributed by atoms with E-state index in [4.69, 9.17) is 4.52 Å². The lowest BCUT2D eigenvalue weighted by molar-refractivity contribution is -0.130. The van der Waals surface area contributed by atoms with Gasteiger partial charge in [-0.05, 0) is 56.5 Å². The van der Waals surface area contributed by atoms with Gasteiger partial charge in [-0.1, -0.05) is 35.0 Å². The zero-order chi connectivity index (χ0) is 24.2. The molecule has 2 aromatic carbocycles. The topological polar surface area (TPSA) is 96.6 Å². The molecule has 1 aromatic heterocycles. The molecule has 9 heteroatoms. The van der Waals surface area contributed by atoms with Crippen LogP contribution in [0.4, 0.5) is 5.69 Å². The van der Waals surface area contributed by atoms with Crippen LogP contribution in [-0.4, -0.2) is 49.2 Å². The Balaban J connectivity index is 1.58. The van der Waals surface area contributed by atoms with E-state index in [9.17, 15) is 13.2 Å². The summed E-state index contributed by atoms with van der Waals surface area (Å²) in [7, 11) is -1.81. The normalized spacial score (nSPS) is 11.4. The predicted octanol–water partition coefficient (Wildman–Crippen LogP) is 3.87. The lowest BCUT2D eigenvalue weighted by Gasteiger charge is -2.23. The summed E-state index contributed by atoms with van der Waals surface area (Å²) >= 11 is 0. The summed E-state index contributed by atoms with van der Waals surface area (Å²) in [6.45, 7) is 6.25. The fourth-order valence-corrected chi connectivity index (χ4v) is 4.61. The maximum atomic E-state index is 12.6. The Morgan fingerprint density at radius 3 is 2.36 bits per heavy atom. The molecule has 0 radical (unpaired) electrons. The molecule has 0 N–H and O–H groups in total. The van der Waals surface area contributed by atoms with E-state index in [1.54, 1.807) is 7.05 Å². The molecule has 3 rings (SSSR count). The molecule has 0 saturated carbocycles. The van der Waals surface area contributed by atoms with Gasteiger partial charge in [-0.15, -0.1) is 0 Å². The Labute approximate surface area is 195 Å². The highest BCUT2D eigenvalue weighted by atomic mass is 32.2. The summed E-state index contributed by atoms with van der Waals surface area (Å²) in [5.74, 6) is 0.696. The molecular weight excluding hydrogens is 440 g/mol. The van der Waals surface area contributed by atoms with Gasteiger partial charge in [0.25, 0.3) is 0 Å². The largest absolute Gasteiger partial charge is 0.337 e. The number of aryl methyl sites for hydroxylation is 3. The number of anilines is 1. The molecule has 1 heterocycles. The first-order valence-corrected chi connectivity index (χ1v) is 12.6. The number of carbonyl (C=O) groups is 1. The van der Waals surface area contributed by atoms with Gasteiger partial charge in [-0.25, -0.2) is 8.42 Å². The maximum absolute atomic E-state index is 12.6. The van der Waals surface area contributed by atoms with Gasteiger partial charge in [-0.3, -0.25) is 9.10 Å². The number of rotatable bonds is 9. The second-order valence-electron chi connectivity index (χ2n) is 8.42. The number of sulfonamides is 1. The summed E-state index contributed by atoms with van der Waals surface area (Å²) in [4.78, 5) is 18.5. The third-order valence-electron chi connectivity index (χ3n) is 5.19. The highest BCUT2D eigenvalue weighted by Gasteiger charge is 2.20. The van der Waals surface area contributed by atoms with Gasteiger partial charge >= 0.3 is 0 Å². The number of benzene rings is 2. The smallest absolute Gasteiger partial charge is 0.246 e. The fourth-order valence-electron chi connectivity index (χ4n) is 3.66. The maximum Gasteiger partial charge on any atom is 0.246 e. The molecule has 0 atom stereocenters. The van der Waals surface area contributed by atoms with Crippen molar-refractivity contribution in [1.29, 1.82) is 0 Å². The molecule has 1 amide bonds. The standard InChI is InChI=1S/C24H30N4O4S/c1-17-8-6-9-20(13-17)24-25-22(32-26-24)16-27(4)23(29)10-7-11-28(33(5,30)31)21-14-18(2)12-19(3)15-21/h6,8-9,12-15H,7,10-11,16H2,1-5H3. The SMILES string of the molecule is Cc1cccc(-c2noc(CN(C)C(=O)CCCN(c3cc(C)cc(C)c3)S(C)(=O)=O)n2)c1. The number of amides is 1. The summed E-state index contributed by atoms with van der Waals surface area (Å²) in [5.41, 5.74) is 4.53. The van der Waals surface area contributed by atoms with E-state index in [-0.39, 0.29) is 25.4 Å². The van der Waals surface area contributed by atoms with Gasteiger partial charge < -0.3 is 9.42 Å². The van der Waals surface area contributed by atoms with Crippen molar-refractivity contribution in [2.45, 2.75) is 40.2 Å². The minimum absolute atomic E-state index is 0.126. The third-order valence-corrected chi connectivity index (χ3v) is 6.38. The summed E-state index contributed by atoms with van der Waals surface area (Å²) in [6.07, 6.45) is 1.77. The Morgan fingerprint density at radius 2 is 1.73 bits per heavy atom. The average molecular weight is 471 g/mol. The van der Waals surface area contributed by atoms with Crippen molar-refractivity contribution >= 4 is 21.6 Å². The van der Waals surface area contributed by atoms with E-state index in [0.29, 0.717) is 23.8 Å². The Hall–Kier alpha value is -3.20. The van der Waals surface area contributed by atoms with Gasteiger partial charge in [0.05, 0.1) is 18.5 Å². The molecule has 0 saturated heterocycles. The van der Waals surface area contributed by atoms with Crippen LogP contribution in [0.1, 0.15) is 35.4 Å². The molecular formula is C24H30N4O4S. The van der Waals surface area contributed by atoms with Crippen LogP contribution in [0.15, 0.2) is 47.0 Å². The molecule has 0 bridgehead atoms. The minimum Gasteiger partial charge on any atom is -0.337 e. The second-order valence-corrected chi connectivity index (χ2v) is 10.3. The van der Waals surface area contributed by atoms with Gasteiger partial charge in [-0.2, -0.15) is 4.98 Å². The fraction of sp³-hybridized carbons (Fsp3) is 0.375. The van der Waals surface area contributed by atoms with Crippen LogP contribution in [0.5, 0.6) is 0 Å². The van der Waals surface area contributed by atoms with E-state index in [0.717, 1.165) is 22.3 Å². The zero-order valence-electron chi connectivity index (χ0n) is 19.7. The molecule has 0 aliphatic carbocycles. The Morgan fingerprint density at radius 1 is 1.03 bits per heavy atom. The van der Waals surface area contributed by atoms with Crippen molar-refractivity contribution in [3.8, 4) is 11.4 Å². The number of carbonyl (C=O) groups excluding carboxylic acids is 1. The molecule has 3 aromatic rings. The highest BCUT2D eigenvalue weighted by molar-refractivity contribution is 7.92. The van der Waals surface area contributed by atoms with Crippen molar-refractivity contribution in [1.82, 2.24) is 15.0 Å². The van der Waals surface area contributed by atoms with Crippen LogP contribution in [0.2, 0.25) is 0 Å². The van der Waals surface area contributed by atoms with Gasteiger partial charge in [0, 0.05) is 25.6 Å². The van der Waals surface area contributed by atoms with E-state index in [1.165, 1.54) is 15.5 Å². The molecule has 8 nitrogen and oxygen atoms in total. The monoisotopic (exact) mass is 470 g/mol. The second kappa shape index (κ2) is 10.2. The van der Waals surface area contributed by atoms with Crippen molar-refractivity contribution in [3.05, 3.63) is 65.0 Å². The van der Waals surface area contributed by atoms with Gasteiger partial charge in [0.2, 0.25) is 27.6 Å². The molecule has 33 heavy (non-hydrogen) atoms. The minimum atomic E-state index is -3.47. The number of aromatic nitrogens is 2. The molecule has 0 fully saturated rings. The van der Waals surface area contributed by atoms with E-state index >= 15 is 0 Å². The third kappa shape index (κ3) is 6.64. The molecule has 176 valence electrons. The summed E-state index contributed by atoms with van der Waals surface area (Å²) in [5, 5.41) is 4.00. The van der Waals surface area contributed by atoms with Crippen LogP contribution < -0.4 is 4.31 Å². The first kappa shape index (κ1) is 24.4. The van der Waals surface area contributed by atoms with E-state index < -0.39 is 10.0 Å². The predicted molar refractivity (Wildman–Crippen MR) is 128 cm³/mol. The lowest BCUT2D eigenvalue weighted by Crippen LogP contribution is -2.32. The molecule has 0 aliphatic rings. The quantitative estimate of drug-likeness (QED) is 0.471. The highest BCUT2D eigenvalue weighted by Crippen LogP contribution is 2.22. The van der Waals surface area contributed by atoms with Crippen molar-refractivity contribution < 1.29 is 17.7 Å². The Bertz CT molecular complexity index is 1220. The van der Waals surface area contributed by atoms with Crippen molar-refractivity contribution in [2.75, 3.05) is 24.2 Å². The van der Waals surface area contributed by atoms with Crippen LogP contribution in [-0.2, 0) is 21.4 Å².